The van der Waals surface area contributed by atoms with Crippen LogP contribution in [0.5, 0.6) is 5.75 Å². The van der Waals surface area contributed by atoms with E-state index in [0.717, 1.165) is 35.7 Å². The summed E-state index contributed by atoms with van der Waals surface area (Å²) < 4.78 is 6.46. The first-order valence-electron chi connectivity index (χ1n) is 6.75. The Kier molecular flexibility index (Phi) is 5.24. The van der Waals surface area contributed by atoms with Crippen LogP contribution < -0.4 is 10.1 Å². The van der Waals surface area contributed by atoms with Gasteiger partial charge in [0.1, 0.15) is 11.3 Å². The van der Waals surface area contributed by atoms with Gasteiger partial charge < -0.3 is 10.1 Å². The first-order valence-corrected chi connectivity index (χ1v) is 7.83. The summed E-state index contributed by atoms with van der Waals surface area (Å²) in [6.45, 7) is -0.0521. The third kappa shape index (κ3) is 3.85. The normalized spacial score (nSPS) is 17.0. The van der Waals surface area contributed by atoms with Crippen LogP contribution in [0.4, 0.5) is 0 Å². The number of amides is 1. The van der Waals surface area contributed by atoms with Crippen LogP contribution in [0.2, 0.25) is 0 Å². The Bertz CT molecular complexity index is 519. The standard InChI is InChI=1S/C15H17IN2O2/c16-12-6-2-3-7-13(12)20-10-14(19)18-15(11-17)8-4-1-5-9-15/h2-3,6-7H,1,4-5,8-10H2,(H,18,19). The van der Waals surface area contributed by atoms with E-state index in [4.69, 9.17) is 4.74 Å². The summed E-state index contributed by atoms with van der Waals surface area (Å²) in [5.41, 5.74) is -0.692. The highest BCUT2D eigenvalue weighted by molar-refractivity contribution is 14.1. The van der Waals surface area contributed by atoms with Gasteiger partial charge in [-0.05, 0) is 47.6 Å². The number of nitrogens with zero attached hydrogens (tertiary/aromatic N) is 1. The molecular formula is C15H17IN2O2. The minimum atomic E-state index is -0.692. The van der Waals surface area contributed by atoms with Crippen molar-refractivity contribution in [2.45, 2.75) is 37.6 Å². The SMILES string of the molecule is N#CC1(NC(=O)COc2ccccc2I)CCCCC1. The fraction of sp³-hybridized carbons (Fsp3) is 0.467. The van der Waals surface area contributed by atoms with E-state index in [0.29, 0.717) is 5.75 Å². The summed E-state index contributed by atoms with van der Waals surface area (Å²) in [4.78, 5) is 12.0. The van der Waals surface area contributed by atoms with E-state index in [9.17, 15) is 10.1 Å². The molecule has 0 atom stereocenters. The fourth-order valence-corrected chi connectivity index (χ4v) is 2.97. The van der Waals surface area contributed by atoms with Crippen molar-refractivity contribution in [3.63, 3.8) is 0 Å². The number of rotatable bonds is 4. The van der Waals surface area contributed by atoms with Gasteiger partial charge in [-0.1, -0.05) is 31.4 Å². The molecule has 1 saturated carbocycles. The van der Waals surface area contributed by atoms with Crippen LogP contribution in [-0.4, -0.2) is 18.1 Å². The number of carbonyl (C=O) groups is 1. The number of benzene rings is 1. The monoisotopic (exact) mass is 384 g/mol. The van der Waals surface area contributed by atoms with Crippen molar-refractivity contribution < 1.29 is 9.53 Å². The molecule has 0 aliphatic heterocycles. The topological polar surface area (TPSA) is 62.1 Å². The zero-order valence-electron chi connectivity index (χ0n) is 11.2. The van der Waals surface area contributed by atoms with Crippen molar-refractivity contribution in [2.24, 2.45) is 0 Å². The fourth-order valence-electron chi connectivity index (χ4n) is 2.43. The smallest absolute Gasteiger partial charge is 0.259 e. The molecule has 5 heteroatoms. The van der Waals surface area contributed by atoms with Crippen LogP contribution in [0.15, 0.2) is 24.3 Å². The second-order valence-electron chi connectivity index (χ2n) is 5.02. The summed E-state index contributed by atoms with van der Waals surface area (Å²) in [7, 11) is 0. The van der Waals surface area contributed by atoms with Gasteiger partial charge in [0.05, 0.1) is 9.64 Å². The van der Waals surface area contributed by atoms with Crippen molar-refractivity contribution in [2.75, 3.05) is 6.61 Å². The molecular weight excluding hydrogens is 367 g/mol. The minimum Gasteiger partial charge on any atom is -0.483 e. The summed E-state index contributed by atoms with van der Waals surface area (Å²) in [6.07, 6.45) is 4.59. The van der Waals surface area contributed by atoms with Crippen molar-refractivity contribution >= 4 is 28.5 Å². The van der Waals surface area contributed by atoms with Crippen LogP contribution in [0.3, 0.4) is 0 Å². The van der Waals surface area contributed by atoms with E-state index in [1.807, 2.05) is 24.3 Å². The molecule has 106 valence electrons. The average molecular weight is 384 g/mol. The van der Waals surface area contributed by atoms with Crippen LogP contribution in [0.1, 0.15) is 32.1 Å². The number of nitrogens with one attached hydrogen (secondary N) is 1. The van der Waals surface area contributed by atoms with E-state index in [1.54, 1.807) is 0 Å². The molecule has 0 unspecified atom stereocenters. The summed E-state index contributed by atoms with van der Waals surface area (Å²) in [5.74, 6) is 0.464. The molecule has 0 radical (unpaired) electrons. The van der Waals surface area contributed by atoms with Crippen molar-refractivity contribution in [1.82, 2.24) is 5.32 Å². The highest BCUT2D eigenvalue weighted by Gasteiger charge is 2.33. The van der Waals surface area contributed by atoms with E-state index >= 15 is 0 Å². The van der Waals surface area contributed by atoms with Crippen molar-refractivity contribution in [3.05, 3.63) is 27.8 Å². The third-order valence-electron chi connectivity index (χ3n) is 3.50. The maximum Gasteiger partial charge on any atom is 0.259 e. The molecule has 1 amide bonds. The Labute approximate surface area is 132 Å². The van der Waals surface area contributed by atoms with Gasteiger partial charge in [-0.2, -0.15) is 5.26 Å². The second-order valence-corrected chi connectivity index (χ2v) is 6.18. The Morgan fingerprint density at radius 2 is 2.05 bits per heavy atom. The number of halogens is 1. The lowest BCUT2D eigenvalue weighted by Crippen LogP contribution is -2.50. The van der Waals surface area contributed by atoms with Crippen molar-refractivity contribution in [1.29, 1.82) is 5.26 Å². The Morgan fingerprint density at radius 1 is 1.35 bits per heavy atom. The largest absolute Gasteiger partial charge is 0.483 e. The number of carbonyl (C=O) groups excluding carboxylic acids is 1. The molecule has 0 heterocycles. The van der Waals surface area contributed by atoms with Gasteiger partial charge >= 0.3 is 0 Å². The van der Waals surface area contributed by atoms with E-state index in [2.05, 4.69) is 34.0 Å². The van der Waals surface area contributed by atoms with E-state index < -0.39 is 5.54 Å². The summed E-state index contributed by atoms with van der Waals surface area (Å²) in [6, 6.07) is 9.81. The number of nitriles is 1. The first kappa shape index (κ1) is 15.1. The molecule has 4 nitrogen and oxygen atoms in total. The number of hydrogen-bond donors (Lipinski definition) is 1. The van der Waals surface area contributed by atoms with Gasteiger partial charge in [-0.25, -0.2) is 0 Å². The maximum atomic E-state index is 12.0. The van der Waals surface area contributed by atoms with Crippen LogP contribution in [0, 0.1) is 14.9 Å². The molecule has 1 aromatic carbocycles. The van der Waals surface area contributed by atoms with Gasteiger partial charge in [0.2, 0.25) is 0 Å². The Morgan fingerprint density at radius 3 is 2.70 bits per heavy atom. The highest BCUT2D eigenvalue weighted by Crippen LogP contribution is 2.27. The lowest BCUT2D eigenvalue weighted by molar-refractivity contribution is -0.124. The molecule has 0 aromatic heterocycles. The highest BCUT2D eigenvalue weighted by atomic mass is 127. The molecule has 1 aromatic rings. The number of para-hydroxylation sites is 1. The molecule has 20 heavy (non-hydrogen) atoms. The lowest BCUT2D eigenvalue weighted by Gasteiger charge is -2.31. The third-order valence-corrected chi connectivity index (χ3v) is 4.39. The van der Waals surface area contributed by atoms with Gasteiger partial charge in [-0.3, -0.25) is 4.79 Å². The Hall–Kier alpha value is -1.29. The van der Waals surface area contributed by atoms with Crippen LogP contribution in [-0.2, 0) is 4.79 Å². The average Bonchev–Trinajstić information content (AvgIpc) is 2.47. The van der Waals surface area contributed by atoms with Gasteiger partial charge in [0, 0.05) is 0 Å². The molecule has 1 aliphatic carbocycles. The van der Waals surface area contributed by atoms with Crippen LogP contribution >= 0.6 is 22.6 Å². The van der Waals surface area contributed by atoms with Crippen LogP contribution in [0.25, 0.3) is 0 Å². The van der Waals surface area contributed by atoms with Gasteiger partial charge in [-0.15, -0.1) is 0 Å². The van der Waals surface area contributed by atoms with E-state index in [1.165, 1.54) is 0 Å². The minimum absolute atomic E-state index is 0.0521. The van der Waals surface area contributed by atoms with Crippen molar-refractivity contribution in [3.8, 4) is 11.8 Å². The predicted molar refractivity (Wildman–Crippen MR) is 84.2 cm³/mol. The zero-order chi connectivity index (χ0) is 14.4. The molecule has 0 spiro atoms. The quantitative estimate of drug-likeness (QED) is 0.812. The maximum absolute atomic E-state index is 12.0. The Balaban J connectivity index is 1.89. The number of ether oxygens (including phenoxy) is 1. The zero-order valence-corrected chi connectivity index (χ0v) is 13.4. The van der Waals surface area contributed by atoms with Gasteiger partial charge in [0.15, 0.2) is 6.61 Å². The molecule has 2 rings (SSSR count). The molecule has 1 aliphatic rings. The predicted octanol–water partition coefficient (Wildman–Crippen LogP) is 3.01. The summed E-state index contributed by atoms with van der Waals surface area (Å²) >= 11 is 2.16. The second kappa shape index (κ2) is 6.93. The lowest BCUT2D eigenvalue weighted by atomic mass is 9.83. The molecule has 1 fully saturated rings. The molecule has 0 saturated heterocycles. The molecule has 1 N–H and O–H groups in total. The number of hydrogen-bond acceptors (Lipinski definition) is 3. The molecule has 0 bridgehead atoms. The summed E-state index contributed by atoms with van der Waals surface area (Å²) in [5, 5.41) is 12.2. The first-order chi connectivity index (χ1) is 9.65. The van der Waals surface area contributed by atoms with Gasteiger partial charge in [0.25, 0.3) is 5.91 Å². The van der Waals surface area contributed by atoms with E-state index in [-0.39, 0.29) is 12.5 Å².